The van der Waals surface area contributed by atoms with E-state index in [1.165, 1.54) is 6.92 Å². The standard InChI is InChI=1S/C15H10F6N6O/c1-6-11(13(28)24-22)25-26-27(6)9-5-10(15(19,20)21)23-12-7(9)3-2-4-8(12)14(16,17)18/h2-5H,22H2,1H3,(H,24,28). The molecule has 0 saturated heterocycles. The summed E-state index contributed by atoms with van der Waals surface area (Å²) in [6.45, 7) is 1.30. The van der Waals surface area contributed by atoms with Crippen molar-refractivity contribution < 1.29 is 31.1 Å². The minimum absolute atomic E-state index is 0.0269. The molecule has 1 amide bonds. The van der Waals surface area contributed by atoms with Gasteiger partial charge in [0.2, 0.25) is 0 Å². The number of rotatable bonds is 2. The van der Waals surface area contributed by atoms with E-state index in [1.807, 2.05) is 0 Å². The number of carbonyl (C=O) groups excluding carboxylic acids is 1. The summed E-state index contributed by atoms with van der Waals surface area (Å²) in [6.07, 6.45) is -9.95. The number of carbonyl (C=O) groups is 1. The van der Waals surface area contributed by atoms with Crippen LogP contribution < -0.4 is 11.3 Å². The van der Waals surface area contributed by atoms with E-state index in [0.29, 0.717) is 12.1 Å². The van der Waals surface area contributed by atoms with Crippen molar-refractivity contribution in [1.29, 1.82) is 0 Å². The third kappa shape index (κ3) is 3.24. The van der Waals surface area contributed by atoms with Crippen LogP contribution in [-0.2, 0) is 12.4 Å². The first-order valence-corrected chi connectivity index (χ1v) is 7.47. The van der Waals surface area contributed by atoms with Crippen LogP contribution in [0.3, 0.4) is 0 Å². The van der Waals surface area contributed by atoms with Gasteiger partial charge in [-0.3, -0.25) is 10.2 Å². The van der Waals surface area contributed by atoms with Gasteiger partial charge in [-0.15, -0.1) is 5.10 Å². The fourth-order valence-corrected chi connectivity index (χ4v) is 2.62. The third-order valence-corrected chi connectivity index (χ3v) is 3.88. The van der Waals surface area contributed by atoms with E-state index in [4.69, 9.17) is 5.84 Å². The van der Waals surface area contributed by atoms with Gasteiger partial charge in [0.15, 0.2) is 5.69 Å². The molecule has 2 heterocycles. The minimum Gasteiger partial charge on any atom is -0.289 e. The second kappa shape index (κ2) is 6.44. The van der Waals surface area contributed by atoms with Gasteiger partial charge in [0, 0.05) is 5.39 Å². The number of hydrazine groups is 1. The number of benzene rings is 1. The van der Waals surface area contributed by atoms with E-state index in [2.05, 4.69) is 15.3 Å². The predicted octanol–water partition coefficient (Wildman–Crippen LogP) is 2.77. The van der Waals surface area contributed by atoms with Crippen molar-refractivity contribution in [3.8, 4) is 5.69 Å². The lowest BCUT2D eigenvalue weighted by Crippen LogP contribution is -2.30. The number of nitrogens with zero attached hydrogens (tertiary/aromatic N) is 4. The zero-order valence-electron chi connectivity index (χ0n) is 13.9. The first-order valence-electron chi connectivity index (χ1n) is 7.47. The van der Waals surface area contributed by atoms with Gasteiger partial charge in [0.25, 0.3) is 5.91 Å². The van der Waals surface area contributed by atoms with Crippen LogP contribution in [0.1, 0.15) is 27.4 Å². The molecule has 7 nitrogen and oxygen atoms in total. The Balaban J connectivity index is 2.40. The topological polar surface area (TPSA) is 98.7 Å². The second-order valence-electron chi connectivity index (χ2n) is 5.63. The highest BCUT2D eigenvalue weighted by Gasteiger charge is 2.38. The number of fused-ring (bicyclic) bond motifs is 1. The van der Waals surface area contributed by atoms with Gasteiger partial charge in [-0.1, -0.05) is 17.3 Å². The molecule has 28 heavy (non-hydrogen) atoms. The summed E-state index contributed by atoms with van der Waals surface area (Å²) in [5, 5.41) is 6.87. The van der Waals surface area contributed by atoms with Gasteiger partial charge in [-0.25, -0.2) is 15.5 Å². The van der Waals surface area contributed by atoms with Gasteiger partial charge < -0.3 is 0 Å². The smallest absolute Gasteiger partial charge is 0.289 e. The Hall–Kier alpha value is -3.22. The lowest BCUT2D eigenvalue weighted by Gasteiger charge is -2.15. The van der Waals surface area contributed by atoms with Gasteiger partial charge in [-0.05, 0) is 19.1 Å². The molecule has 0 bridgehead atoms. The average Bonchev–Trinajstić information content (AvgIpc) is 2.99. The molecule has 2 aromatic heterocycles. The lowest BCUT2D eigenvalue weighted by atomic mass is 10.1. The van der Waals surface area contributed by atoms with Crippen LogP contribution in [0.15, 0.2) is 24.3 Å². The van der Waals surface area contributed by atoms with Crippen molar-refractivity contribution in [3.05, 3.63) is 46.9 Å². The molecule has 3 N–H and O–H groups in total. The van der Waals surface area contributed by atoms with Crippen LogP contribution in [0.4, 0.5) is 26.3 Å². The monoisotopic (exact) mass is 404 g/mol. The molecule has 0 atom stereocenters. The summed E-state index contributed by atoms with van der Waals surface area (Å²) in [4.78, 5) is 14.8. The zero-order chi connectivity index (χ0) is 20.9. The van der Waals surface area contributed by atoms with Crippen molar-refractivity contribution in [2.45, 2.75) is 19.3 Å². The minimum atomic E-state index is -5.02. The summed E-state index contributed by atoms with van der Waals surface area (Å²) in [5.41, 5.74) is -2.69. The van der Waals surface area contributed by atoms with Crippen LogP contribution in [0.2, 0.25) is 0 Å². The first-order chi connectivity index (χ1) is 12.9. The molecule has 0 aliphatic carbocycles. The van der Waals surface area contributed by atoms with Gasteiger partial charge >= 0.3 is 12.4 Å². The Morgan fingerprint density at radius 2 is 1.82 bits per heavy atom. The molecule has 0 aliphatic heterocycles. The third-order valence-electron chi connectivity index (χ3n) is 3.88. The van der Waals surface area contributed by atoms with Crippen molar-refractivity contribution in [3.63, 3.8) is 0 Å². The average molecular weight is 404 g/mol. The van der Waals surface area contributed by atoms with E-state index in [1.54, 1.807) is 5.43 Å². The van der Waals surface area contributed by atoms with E-state index in [0.717, 1.165) is 16.8 Å². The largest absolute Gasteiger partial charge is 0.433 e. The van der Waals surface area contributed by atoms with Crippen LogP contribution in [-0.4, -0.2) is 25.9 Å². The molecule has 0 unspecified atom stereocenters. The predicted molar refractivity (Wildman–Crippen MR) is 83.1 cm³/mol. The highest BCUT2D eigenvalue weighted by atomic mass is 19.4. The number of halogens is 6. The Kier molecular flexibility index (Phi) is 4.49. The second-order valence-corrected chi connectivity index (χ2v) is 5.63. The van der Waals surface area contributed by atoms with Crippen molar-refractivity contribution in [1.82, 2.24) is 25.4 Å². The molecule has 3 rings (SSSR count). The maximum absolute atomic E-state index is 13.3. The number of amides is 1. The SMILES string of the molecule is Cc1c(C(=O)NN)nnn1-c1cc(C(F)(F)F)nc2c(C(F)(F)F)cccc12. The zero-order valence-corrected chi connectivity index (χ0v) is 13.9. The highest BCUT2D eigenvalue weighted by molar-refractivity contribution is 5.94. The number of hydrogen-bond donors (Lipinski definition) is 2. The van der Waals surface area contributed by atoms with E-state index >= 15 is 0 Å². The molecule has 3 aromatic rings. The molecule has 0 aliphatic rings. The fraction of sp³-hybridized carbons (Fsp3) is 0.200. The number of nitrogen functional groups attached to an aromatic ring is 1. The molecular weight excluding hydrogens is 394 g/mol. The molecular formula is C15H10F6N6O. The van der Waals surface area contributed by atoms with Gasteiger partial charge in [0.05, 0.1) is 22.5 Å². The number of hydrogen-bond acceptors (Lipinski definition) is 5. The quantitative estimate of drug-likeness (QED) is 0.296. The lowest BCUT2D eigenvalue weighted by molar-refractivity contribution is -0.142. The summed E-state index contributed by atoms with van der Waals surface area (Å²) in [7, 11) is 0. The Morgan fingerprint density at radius 1 is 1.14 bits per heavy atom. The van der Waals surface area contributed by atoms with Crippen molar-refractivity contribution >= 4 is 16.8 Å². The fourth-order valence-electron chi connectivity index (χ4n) is 2.62. The number of nitrogens with one attached hydrogen (secondary N) is 1. The summed E-state index contributed by atoms with van der Waals surface area (Å²) >= 11 is 0. The maximum atomic E-state index is 13.3. The van der Waals surface area contributed by atoms with Crippen molar-refractivity contribution in [2.75, 3.05) is 0 Å². The molecule has 1 aromatic carbocycles. The van der Waals surface area contributed by atoms with Crippen LogP contribution >= 0.6 is 0 Å². The van der Waals surface area contributed by atoms with Crippen LogP contribution in [0.5, 0.6) is 0 Å². The Morgan fingerprint density at radius 3 is 2.39 bits per heavy atom. The number of aromatic nitrogens is 4. The highest BCUT2D eigenvalue weighted by Crippen LogP contribution is 2.38. The van der Waals surface area contributed by atoms with Gasteiger partial charge in [-0.2, -0.15) is 26.3 Å². The van der Waals surface area contributed by atoms with Crippen LogP contribution in [0, 0.1) is 6.92 Å². The van der Waals surface area contributed by atoms with E-state index in [-0.39, 0.29) is 22.5 Å². The van der Waals surface area contributed by atoms with E-state index < -0.39 is 35.0 Å². The Labute approximate surface area is 152 Å². The molecule has 0 fully saturated rings. The molecule has 148 valence electrons. The van der Waals surface area contributed by atoms with E-state index in [9.17, 15) is 31.1 Å². The first kappa shape index (κ1) is 19.5. The molecule has 0 spiro atoms. The number of alkyl halides is 6. The molecule has 0 radical (unpaired) electrons. The number of nitrogens with two attached hydrogens (primary N) is 1. The summed E-state index contributed by atoms with van der Waals surface area (Å²) < 4.78 is 80.5. The maximum Gasteiger partial charge on any atom is 0.433 e. The molecule has 0 saturated carbocycles. The normalized spacial score (nSPS) is 12.4. The summed E-state index contributed by atoms with van der Waals surface area (Å²) in [5.74, 6) is 4.13. The number of para-hydroxylation sites is 1. The van der Waals surface area contributed by atoms with Gasteiger partial charge in [0.1, 0.15) is 5.69 Å². The Bertz CT molecular complexity index is 1070. The summed E-state index contributed by atoms with van der Waals surface area (Å²) in [6, 6.07) is 3.36. The molecule has 13 heteroatoms. The number of pyridine rings is 1. The van der Waals surface area contributed by atoms with Crippen molar-refractivity contribution in [2.24, 2.45) is 5.84 Å². The van der Waals surface area contributed by atoms with Crippen LogP contribution in [0.25, 0.3) is 16.6 Å².